The number of aromatic nitrogens is 1. The summed E-state index contributed by atoms with van der Waals surface area (Å²) in [6, 6.07) is 13.1. The number of benzene rings is 2. The van der Waals surface area contributed by atoms with Gasteiger partial charge in [-0.1, -0.05) is 29.8 Å². The zero-order valence-electron chi connectivity index (χ0n) is 18.4. The molecule has 6 nitrogen and oxygen atoms in total. The second-order valence-corrected chi connectivity index (χ2v) is 9.43. The van der Waals surface area contributed by atoms with Crippen LogP contribution in [0.4, 0.5) is 5.13 Å². The molecule has 4 rings (SSSR count). The van der Waals surface area contributed by atoms with Crippen molar-refractivity contribution in [3.63, 3.8) is 0 Å². The third-order valence-corrected chi connectivity index (χ3v) is 6.91. The predicted octanol–water partition coefficient (Wildman–Crippen LogP) is 6.32. The van der Waals surface area contributed by atoms with E-state index in [-0.39, 0.29) is 5.91 Å². The Morgan fingerprint density at radius 2 is 1.97 bits per heavy atom. The molecule has 0 N–H and O–H groups in total. The number of carbonyl (C=O) groups is 1. The van der Waals surface area contributed by atoms with Crippen molar-refractivity contribution < 1.29 is 14.3 Å². The number of aryl methyl sites for hydroxylation is 1. The fourth-order valence-electron chi connectivity index (χ4n) is 3.13. The van der Waals surface area contributed by atoms with Crippen LogP contribution in [0.25, 0.3) is 6.08 Å². The van der Waals surface area contributed by atoms with E-state index in [2.05, 4.69) is 9.98 Å². The van der Waals surface area contributed by atoms with Gasteiger partial charge in [-0.15, -0.1) is 11.3 Å². The number of amidine groups is 1. The summed E-state index contributed by atoms with van der Waals surface area (Å²) in [5.41, 5.74) is 2.75. The van der Waals surface area contributed by atoms with Gasteiger partial charge in [-0.25, -0.2) is 4.98 Å². The Bertz CT molecular complexity index is 1220. The normalized spacial score (nSPS) is 16.1. The third kappa shape index (κ3) is 5.58. The number of hydrogen-bond acceptors (Lipinski definition) is 7. The van der Waals surface area contributed by atoms with Crippen molar-refractivity contribution in [3.8, 4) is 11.5 Å². The number of amides is 1. The lowest BCUT2D eigenvalue weighted by Crippen LogP contribution is -2.28. The molecule has 0 aliphatic carbocycles. The van der Waals surface area contributed by atoms with Gasteiger partial charge < -0.3 is 9.47 Å². The van der Waals surface area contributed by atoms with Crippen molar-refractivity contribution in [2.24, 2.45) is 4.99 Å². The van der Waals surface area contributed by atoms with Crippen LogP contribution < -0.4 is 9.47 Å². The van der Waals surface area contributed by atoms with Crippen molar-refractivity contribution in [1.29, 1.82) is 0 Å². The molecule has 0 saturated carbocycles. The van der Waals surface area contributed by atoms with Crippen molar-refractivity contribution in [2.45, 2.75) is 20.5 Å². The Kier molecular flexibility index (Phi) is 7.37. The Hall–Kier alpha value is -2.81. The average Bonchev–Trinajstić information content (AvgIpc) is 3.35. The van der Waals surface area contributed by atoms with Gasteiger partial charge in [0.2, 0.25) is 5.13 Å². The monoisotopic (exact) mass is 499 g/mol. The molecule has 1 saturated heterocycles. The molecule has 0 unspecified atom stereocenters. The summed E-state index contributed by atoms with van der Waals surface area (Å²) in [5.74, 6) is 1.14. The highest BCUT2D eigenvalue weighted by Crippen LogP contribution is 2.36. The SMILES string of the molecule is CCN1C(=O)/C(=C/c2ccc(OCc3ccc(Cl)cc3)c(OC)c2)S/C1=N/c1nc(C)cs1. The maximum atomic E-state index is 12.9. The van der Waals surface area contributed by atoms with Gasteiger partial charge in [-0.05, 0) is 67.1 Å². The molecule has 3 aromatic rings. The number of nitrogens with zero attached hydrogens (tertiary/aromatic N) is 3. The van der Waals surface area contributed by atoms with Gasteiger partial charge in [0.1, 0.15) is 6.61 Å². The molecule has 1 aromatic heterocycles. The molecule has 0 radical (unpaired) electrons. The van der Waals surface area contributed by atoms with E-state index in [1.807, 2.05) is 67.8 Å². The van der Waals surface area contributed by atoms with Gasteiger partial charge in [-0.3, -0.25) is 9.69 Å². The first-order chi connectivity index (χ1) is 16.0. The lowest BCUT2D eigenvalue weighted by Gasteiger charge is -2.12. The molecule has 0 atom stereocenters. The van der Waals surface area contributed by atoms with E-state index < -0.39 is 0 Å². The molecule has 2 heterocycles. The van der Waals surface area contributed by atoms with Crippen molar-refractivity contribution >= 4 is 57.0 Å². The number of methoxy groups -OCH3 is 1. The summed E-state index contributed by atoms with van der Waals surface area (Å²) in [7, 11) is 1.59. The fourth-order valence-corrected chi connectivity index (χ4v) is 5.02. The number of thiazole rings is 1. The molecule has 2 aromatic carbocycles. The number of halogens is 1. The summed E-state index contributed by atoms with van der Waals surface area (Å²) in [5, 5.41) is 3.91. The molecule has 0 bridgehead atoms. The minimum atomic E-state index is -0.0726. The molecule has 1 aliphatic rings. The summed E-state index contributed by atoms with van der Waals surface area (Å²) in [4.78, 5) is 24.1. The van der Waals surface area contributed by atoms with Crippen LogP contribution in [0.5, 0.6) is 11.5 Å². The Balaban J connectivity index is 1.53. The van der Waals surface area contributed by atoms with Crippen LogP contribution in [-0.4, -0.2) is 34.6 Å². The Morgan fingerprint density at radius 1 is 1.18 bits per heavy atom. The first-order valence-corrected chi connectivity index (χ1v) is 12.3. The van der Waals surface area contributed by atoms with E-state index in [0.29, 0.717) is 44.9 Å². The molecule has 9 heteroatoms. The fraction of sp³-hybridized carbons (Fsp3) is 0.208. The summed E-state index contributed by atoms with van der Waals surface area (Å²) in [6.45, 7) is 4.78. The van der Waals surface area contributed by atoms with Crippen LogP contribution in [0.15, 0.2) is 57.7 Å². The topological polar surface area (TPSA) is 64.0 Å². The van der Waals surface area contributed by atoms with Crippen LogP contribution in [0.2, 0.25) is 5.02 Å². The largest absolute Gasteiger partial charge is 0.493 e. The average molecular weight is 500 g/mol. The zero-order chi connectivity index (χ0) is 23.4. The predicted molar refractivity (Wildman–Crippen MR) is 136 cm³/mol. The van der Waals surface area contributed by atoms with E-state index in [9.17, 15) is 4.79 Å². The maximum Gasteiger partial charge on any atom is 0.266 e. The van der Waals surface area contributed by atoms with Crippen molar-refractivity contribution in [3.05, 3.63) is 74.6 Å². The highest BCUT2D eigenvalue weighted by atomic mass is 35.5. The third-order valence-electron chi connectivity index (χ3n) is 4.80. The minimum Gasteiger partial charge on any atom is -0.493 e. The second kappa shape index (κ2) is 10.4. The smallest absolute Gasteiger partial charge is 0.266 e. The lowest BCUT2D eigenvalue weighted by atomic mass is 10.1. The van der Waals surface area contributed by atoms with E-state index in [1.165, 1.54) is 23.1 Å². The first-order valence-electron chi connectivity index (χ1n) is 10.2. The van der Waals surface area contributed by atoms with Gasteiger partial charge in [0.05, 0.1) is 17.7 Å². The zero-order valence-corrected chi connectivity index (χ0v) is 20.8. The highest BCUT2D eigenvalue weighted by Gasteiger charge is 2.32. The molecule has 1 fully saturated rings. The highest BCUT2D eigenvalue weighted by molar-refractivity contribution is 8.18. The number of hydrogen-bond donors (Lipinski definition) is 0. The van der Waals surface area contributed by atoms with Gasteiger partial charge in [0.15, 0.2) is 16.7 Å². The van der Waals surface area contributed by atoms with E-state index in [1.54, 1.807) is 12.0 Å². The Labute approximate surface area is 205 Å². The van der Waals surface area contributed by atoms with E-state index in [0.717, 1.165) is 16.8 Å². The summed E-state index contributed by atoms with van der Waals surface area (Å²) >= 11 is 8.74. The molecular formula is C24H22ClN3O3S2. The molecule has 1 aliphatic heterocycles. The van der Waals surface area contributed by atoms with Gasteiger partial charge >= 0.3 is 0 Å². The minimum absolute atomic E-state index is 0.0726. The van der Waals surface area contributed by atoms with Gasteiger partial charge in [0, 0.05) is 16.9 Å². The van der Waals surface area contributed by atoms with Crippen molar-refractivity contribution in [2.75, 3.05) is 13.7 Å². The first kappa shape index (κ1) is 23.4. The van der Waals surface area contributed by atoms with Gasteiger partial charge in [-0.2, -0.15) is 4.99 Å². The van der Waals surface area contributed by atoms with E-state index >= 15 is 0 Å². The number of aliphatic imine (C=N–C) groups is 1. The Morgan fingerprint density at radius 3 is 2.64 bits per heavy atom. The second-order valence-electron chi connectivity index (χ2n) is 7.15. The molecule has 170 valence electrons. The number of likely N-dealkylation sites (N-methyl/N-ethyl adjacent to an activating group) is 1. The van der Waals surface area contributed by atoms with Crippen LogP contribution in [-0.2, 0) is 11.4 Å². The van der Waals surface area contributed by atoms with Crippen LogP contribution in [0.3, 0.4) is 0 Å². The summed E-state index contributed by atoms with van der Waals surface area (Å²) < 4.78 is 11.4. The molecule has 0 spiro atoms. The molecular weight excluding hydrogens is 478 g/mol. The summed E-state index contributed by atoms with van der Waals surface area (Å²) in [6.07, 6.45) is 1.84. The lowest BCUT2D eigenvalue weighted by molar-refractivity contribution is -0.122. The standard InChI is InChI=1S/C24H22ClN3O3S2/c1-4-28-22(29)21(33-24(28)27-23-26-15(2)14-32-23)12-17-7-10-19(20(11-17)30-3)31-13-16-5-8-18(25)9-6-16/h5-12,14H,4,13H2,1-3H3/b21-12-,27-24+. The number of carbonyl (C=O) groups excluding carboxylic acids is 1. The number of rotatable bonds is 7. The van der Waals surface area contributed by atoms with Crippen LogP contribution >= 0.6 is 34.7 Å². The van der Waals surface area contributed by atoms with Crippen molar-refractivity contribution in [1.82, 2.24) is 9.88 Å². The maximum absolute atomic E-state index is 12.9. The molecule has 33 heavy (non-hydrogen) atoms. The number of ether oxygens (including phenoxy) is 2. The van der Waals surface area contributed by atoms with Gasteiger partial charge in [0.25, 0.3) is 5.91 Å². The van der Waals surface area contributed by atoms with Crippen LogP contribution in [0, 0.1) is 6.92 Å². The quantitative estimate of drug-likeness (QED) is 0.356. The van der Waals surface area contributed by atoms with E-state index in [4.69, 9.17) is 21.1 Å². The number of thioether (sulfide) groups is 1. The van der Waals surface area contributed by atoms with Crippen LogP contribution in [0.1, 0.15) is 23.7 Å². The molecule has 1 amide bonds.